The van der Waals surface area contributed by atoms with Gasteiger partial charge in [-0.05, 0) is 29.3 Å². The monoisotopic (exact) mass is 714 g/mol. The Balaban J connectivity index is 1.91. The Hall–Kier alpha value is -4.20. The molecule has 0 unspecified atom stereocenters. The summed E-state index contributed by atoms with van der Waals surface area (Å²) in [5.41, 5.74) is -5.17. The number of hydrogen-bond acceptors (Lipinski definition) is 7. The van der Waals surface area contributed by atoms with E-state index in [0.717, 1.165) is 31.3 Å². The quantitative estimate of drug-likeness (QED) is 0.164. The van der Waals surface area contributed by atoms with Crippen LogP contribution in [0.1, 0.15) is 49.9 Å². The zero-order chi connectivity index (χ0) is 37.0. The fourth-order valence-corrected chi connectivity index (χ4v) is 7.48. The molecule has 3 aromatic carbocycles. The highest BCUT2D eigenvalue weighted by atomic mass is 28.4. The number of carbonyl (C=O) groups is 3. The summed E-state index contributed by atoms with van der Waals surface area (Å²) in [5, 5.41) is 2.25. The first-order chi connectivity index (χ1) is 23.4. The van der Waals surface area contributed by atoms with Crippen LogP contribution in [0, 0.1) is 0 Å². The maximum Gasteiger partial charge on any atom is 0.430 e. The Labute approximate surface area is 292 Å². The predicted molar refractivity (Wildman–Crippen MR) is 183 cm³/mol. The summed E-state index contributed by atoms with van der Waals surface area (Å²) < 4.78 is 68.2. The lowest BCUT2D eigenvalue weighted by molar-refractivity contribution is -0.266. The predicted octanol–water partition coefficient (Wildman–Crippen LogP) is 7.29. The molecule has 0 bridgehead atoms. The molecule has 0 spiro atoms. The second-order valence-corrected chi connectivity index (χ2v) is 18.6. The van der Waals surface area contributed by atoms with Crippen LogP contribution in [0.5, 0.6) is 0 Å². The largest absolute Gasteiger partial charge is 0.467 e. The van der Waals surface area contributed by atoms with E-state index in [1.54, 1.807) is 60.7 Å². The Morgan fingerprint density at radius 2 is 1.44 bits per heavy atom. The molecule has 0 saturated carbocycles. The first kappa shape index (κ1) is 38.6. The molecule has 9 nitrogen and oxygen atoms in total. The van der Waals surface area contributed by atoms with Crippen LogP contribution in [0.4, 0.5) is 18.0 Å². The van der Waals surface area contributed by atoms with E-state index in [4.69, 9.17) is 18.6 Å². The van der Waals surface area contributed by atoms with E-state index in [2.05, 4.69) is 5.32 Å². The van der Waals surface area contributed by atoms with Crippen LogP contribution in [0.2, 0.25) is 18.1 Å². The van der Waals surface area contributed by atoms with Crippen molar-refractivity contribution in [2.24, 2.45) is 0 Å². The van der Waals surface area contributed by atoms with Gasteiger partial charge in [0.05, 0.1) is 25.8 Å². The molecule has 4 rings (SSSR count). The molecule has 1 heterocycles. The van der Waals surface area contributed by atoms with E-state index in [1.165, 1.54) is 18.2 Å². The Morgan fingerprint density at radius 1 is 0.900 bits per heavy atom. The van der Waals surface area contributed by atoms with Gasteiger partial charge in [-0.2, -0.15) is 13.2 Å². The zero-order valence-corrected chi connectivity index (χ0v) is 30.4. The topological polar surface area (TPSA) is 103 Å². The van der Waals surface area contributed by atoms with Gasteiger partial charge >= 0.3 is 18.2 Å². The number of likely N-dealkylation sites (tertiary alicyclic amines) is 1. The highest BCUT2D eigenvalue weighted by molar-refractivity contribution is 6.74. The fourth-order valence-electron chi connectivity index (χ4n) is 6.14. The molecule has 2 amide bonds. The molecule has 270 valence electrons. The number of nitrogens with one attached hydrogen (secondary N) is 1. The van der Waals surface area contributed by atoms with E-state index in [9.17, 15) is 14.4 Å². The number of halogens is 3. The molecule has 3 aromatic rings. The molecule has 4 atom stereocenters. The molecule has 0 aromatic heterocycles. The van der Waals surface area contributed by atoms with E-state index in [1.807, 2.05) is 33.9 Å². The molecular weight excluding hydrogens is 669 g/mol. The van der Waals surface area contributed by atoms with E-state index >= 15 is 13.2 Å². The highest BCUT2D eigenvalue weighted by Gasteiger charge is 2.66. The minimum absolute atomic E-state index is 0.154. The average Bonchev–Trinajstić information content (AvgIpc) is 3.45. The van der Waals surface area contributed by atoms with Gasteiger partial charge in [0, 0.05) is 19.1 Å². The standard InChI is InChI=1S/C37H45F3N2O7Si/c1-34(2,3)50(6,7)49-29-23-35(32(44)46-4,42(24-29)33(45)48-25-26-17-11-8-12-18-26)30(27-19-13-9-14-20-27)41-31(43)36(47-5,37(38,39)40)28-21-15-10-16-22-28/h8-22,29-30H,23-25H2,1-7H3,(H,41,43)/t29-,30-,35+,36-/m1/s1. The fraction of sp³-hybridized carbons (Fsp3) is 0.432. The number of esters is 1. The molecular formula is C37H45F3N2O7Si. The molecule has 1 fully saturated rings. The summed E-state index contributed by atoms with van der Waals surface area (Å²) in [6.45, 7) is 9.80. The lowest BCUT2D eigenvalue weighted by atomic mass is 9.81. The summed E-state index contributed by atoms with van der Waals surface area (Å²) in [5.74, 6) is -2.57. The van der Waals surface area contributed by atoms with Crippen molar-refractivity contribution in [3.8, 4) is 0 Å². The van der Waals surface area contributed by atoms with E-state index in [-0.39, 0.29) is 30.2 Å². The Bertz CT molecular complexity index is 1620. The van der Waals surface area contributed by atoms with Gasteiger partial charge in [0.2, 0.25) is 0 Å². The minimum atomic E-state index is -5.25. The molecule has 1 N–H and O–H groups in total. The maximum atomic E-state index is 15.1. The Kier molecular flexibility index (Phi) is 11.5. The van der Waals surface area contributed by atoms with Crippen molar-refractivity contribution >= 4 is 26.3 Å². The van der Waals surface area contributed by atoms with Crippen LogP contribution in [0.15, 0.2) is 91.0 Å². The Morgan fingerprint density at radius 3 is 1.94 bits per heavy atom. The summed E-state index contributed by atoms with van der Waals surface area (Å²) >= 11 is 0. The number of methoxy groups -OCH3 is 2. The molecule has 50 heavy (non-hydrogen) atoms. The SMILES string of the molecule is COC(=O)[C@@]1([C@H](NC(=O)[C@](OC)(c2ccccc2)C(F)(F)F)c2ccccc2)C[C@@H](O[Si](C)(C)C(C)(C)C)CN1C(=O)OCc1ccccc1. The first-order valence-corrected chi connectivity index (χ1v) is 19.1. The number of amides is 2. The van der Waals surface area contributed by atoms with Gasteiger partial charge in [-0.25, -0.2) is 9.59 Å². The minimum Gasteiger partial charge on any atom is -0.467 e. The lowest BCUT2D eigenvalue weighted by Crippen LogP contribution is -2.64. The average molecular weight is 715 g/mol. The van der Waals surface area contributed by atoms with Crippen LogP contribution in [0.3, 0.4) is 0 Å². The van der Waals surface area contributed by atoms with E-state index < -0.39 is 61.3 Å². The third-order valence-electron chi connectivity index (χ3n) is 9.73. The third kappa shape index (κ3) is 7.45. The number of nitrogens with zero attached hydrogens (tertiary/aromatic N) is 1. The number of rotatable bonds is 11. The maximum absolute atomic E-state index is 15.1. The second-order valence-electron chi connectivity index (χ2n) is 13.8. The molecule has 1 aliphatic rings. The van der Waals surface area contributed by atoms with Gasteiger partial charge in [0.15, 0.2) is 13.9 Å². The van der Waals surface area contributed by atoms with Crippen LogP contribution in [-0.4, -0.2) is 69.8 Å². The van der Waals surface area contributed by atoms with Gasteiger partial charge < -0.3 is 24.0 Å². The van der Waals surface area contributed by atoms with Gasteiger partial charge in [0.1, 0.15) is 6.61 Å². The van der Waals surface area contributed by atoms with Crippen molar-refractivity contribution in [1.29, 1.82) is 0 Å². The molecule has 13 heteroatoms. The number of carbonyl (C=O) groups excluding carboxylic acids is 3. The van der Waals surface area contributed by atoms with Crippen LogP contribution < -0.4 is 5.32 Å². The molecule has 1 saturated heterocycles. The van der Waals surface area contributed by atoms with Crippen molar-refractivity contribution in [2.75, 3.05) is 20.8 Å². The van der Waals surface area contributed by atoms with Crippen LogP contribution >= 0.6 is 0 Å². The normalized spacial score (nSPS) is 20.0. The van der Waals surface area contributed by atoms with Gasteiger partial charge in [-0.1, -0.05) is 112 Å². The van der Waals surface area contributed by atoms with Crippen molar-refractivity contribution in [3.05, 3.63) is 108 Å². The van der Waals surface area contributed by atoms with Gasteiger partial charge in [-0.3, -0.25) is 9.69 Å². The second kappa shape index (κ2) is 15.0. The summed E-state index contributed by atoms with van der Waals surface area (Å²) in [6, 6.07) is 21.8. The number of alkyl halides is 3. The summed E-state index contributed by atoms with van der Waals surface area (Å²) in [4.78, 5) is 43.9. The van der Waals surface area contributed by atoms with E-state index in [0.29, 0.717) is 5.56 Å². The summed E-state index contributed by atoms with van der Waals surface area (Å²) in [6.07, 6.45) is -7.17. The van der Waals surface area contributed by atoms with Crippen LogP contribution in [0.25, 0.3) is 0 Å². The van der Waals surface area contributed by atoms with Crippen molar-refractivity contribution in [1.82, 2.24) is 10.2 Å². The smallest absolute Gasteiger partial charge is 0.430 e. The molecule has 1 aliphatic heterocycles. The van der Waals surface area contributed by atoms with Crippen molar-refractivity contribution < 1.29 is 46.2 Å². The number of hydrogen-bond donors (Lipinski definition) is 1. The number of ether oxygens (including phenoxy) is 3. The van der Waals surface area contributed by atoms with Gasteiger partial charge in [0.25, 0.3) is 11.5 Å². The number of benzene rings is 3. The first-order valence-electron chi connectivity index (χ1n) is 16.2. The zero-order valence-electron chi connectivity index (χ0n) is 29.4. The van der Waals surface area contributed by atoms with Crippen molar-refractivity contribution in [2.45, 2.75) is 81.4 Å². The highest BCUT2D eigenvalue weighted by Crippen LogP contribution is 2.48. The molecule has 0 aliphatic carbocycles. The third-order valence-corrected chi connectivity index (χ3v) is 14.3. The van der Waals surface area contributed by atoms with Crippen molar-refractivity contribution in [3.63, 3.8) is 0 Å². The van der Waals surface area contributed by atoms with Gasteiger partial charge in [-0.15, -0.1) is 0 Å². The molecule has 0 radical (unpaired) electrons. The lowest BCUT2D eigenvalue weighted by Gasteiger charge is -2.43. The van der Waals surface area contributed by atoms with Crippen LogP contribution in [-0.2, 0) is 40.4 Å². The summed E-state index contributed by atoms with van der Waals surface area (Å²) in [7, 11) is -0.646.